The number of rotatable bonds is 3. The third kappa shape index (κ3) is 3.21. The largest absolute Gasteiger partial charge is 0.378 e. The summed E-state index contributed by atoms with van der Waals surface area (Å²) in [5.41, 5.74) is 4.09. The monoisotopic (exact) mass is 396 g/mol. The fourth-order valence-electron chi connectivity index (χ4n) is 3.53. The van der Waals surface area contributed by atoms with E-state index in [2.05, 4.69) is 0 Å². The lowest BCUT2D eigenvalue weighted by atomic mass is 10.0. The Hall–Kier alpha value is -2.63. The highest BCUT2D eigenvalue weighted by Crippen LogP contribution is 2.36. The van der Waals surface area contributed by atoms with Crippen LogP contribution in [0.15, 0.2) is 48.2 Å². The van der Waals surface area contributed by atoms with Gasteiger partial charge in [-0.2, -0.15) is 0 Å². The van der Waals surface area contributed by atoms with Gasteiger partial charge < -0.3 is 9.64 Å². The summed E-state index contributed by atoms with van der Waals surface area (Å²) in [5.74, 6) is -0.641. The molecule has 2 aliphatic rings. The van der Waals surface area contributed by atoms with Crippen molar-refractivity contribution < 1.29 is 14.3 Å². The van der Waals surface area contributed by atoms with Gasteiger partial charge in [0.2, 0.25) is 0 Å². The van der Waals surface area contributed by atoms with Crippen molar-refractivity contribution in [1.29, 1.82) is 0 Å². The van der Waals surface area contributed by atoms with E-state index < -0.39 is 0 Å². The maximum atomic E-state index is 13.4. The number of morpholine rings is 1. The highest BCUT2D eigenvalue weighted by molar-refractivity contribution is 6.45. The van der Waals surface area contributed by atoms with Crippen LogP contribution >= 0.6 is 11.6 Å². The van der Waals surface area contributed by atoms with Crippen LogP contribution in [0.25, 0.3) is 5.57 Å². The van der Waals surface area contributed by atoms with Gasteiger partial charge >= 0.3 is 0 Å². The van der Waals surface area contributed by atoms with Crippen LogP contribution in [0.3, 0.4) is 0 Å². The summed E-state index contributed by atoms with van der Waals surface area (Å²) in [4.78, 5) is 30.0. The molecule has 2 aliphatic heterocycles. The number of carbonyl (C=O) groups is 2. The van der Waals surface area contributed by atoms with Gasteiger partial charge in [-0.25, -0.2) is 4.90 Å². The number of ether oxygens (including phenoxy) is 1. The standard InChI is InChI=1S/C22H21ClN2O3/c1-14-3-6-16(7-4-14)19-20(24-9-11-28-12-10-24)22(27)25(21(19)26)17-8-5-15(2)18(23)13-17/h3-8,13H,9-12H2,1-2H3. The van der Waals surface area contributed by atoms with Gasteiger partial charge in [0.25, 0.3) is 11.8 Å². The van der Waals surface area contributed by atoms with E-state index in [4.69, 9.17) is 16.3 Å². The predicted molar refractivity (Wildman–Crippen MR) is 109 cm³/mol. The van der Waals surface area contributed by atoms with Gasteiger partial charge in [0.05, 0.1) is 24.5 Å². The molecule has 2 aromatic rings. The van der Waals surface area contributed by atoms with Crippen LogP contribution in [-0.2, 0) is 14.3 Å². The van der Waals surface area contributed by atoms with Crippen LogP contribution < -0.4 is 4.90 Å². The Morgan fingerprint density at radius 2 is 1.61 bits per heavy atom. The molecule has 0 N–H and O–H groups in total. The van der Waals surface area contributed by atoms with Gasteiger partial charge in [-0.3, -0.25) is 9.59 Å². The van der Waals surface area contributed by atoms with Crippen molar-refractivity contribution >= 4 is 34.7 Å². The van der Waals surface area contributed by atoms with Gasteiger partial charge in [0.15, 0.2) is 0 Å². The molecule has 0 saturated carbocycles. The molecule has 0 bridgehead atoms. The minimum absolute atomic E-state index is 0.317. The topological polar surface area (TPSA) is 49.9 Å². The Kier molecular flexibility index (Phi) is 4.96. The molecule has 1 saturated heterocycles. The SMILES string of the molecule is Cc1ccc(C2=C(N3CCOCC3)C(=O)N(c3ccc(C)c(Cl)c3)C2=O)cc1. The van der Waals surface area contributed by atoms with E-state index in [-0.39, 0.29) is 11.8 Å². The maximum absolute atomic E-state index is 13.4. The van der Waals surface area contributed by atoms with Gasteiger partial charge in [0.1, 0.15) is 5.70 Å². The number of benzene rings is 2. The highest BCUT2D eigenvalue weighted by Gasteiger charge is 2.42. The van der Waals surface area contributed by atoms with Crippen LogP contribution in [0.2, 0.25) is 5.02 Å². The fourth-order valence-corrected chi connectivity index (χ4v) is 3.71. The molecule has 0 aromatic heterocycles. The molecule has 1 fully saturated rings. The minimum atomic E-state index is -0.324. The summed E-state index contributed by atoms with van der Waals surface area (Å²) in [6.07, 6.45) is 0. The van der Waals surface area contributed by atoms with E-state index in [9.17, 15) is 9.59 Å². The number of hydrogen-bond acceptors (Lipinski definition) is 4. The van der Waals surface area contributed by atoms with Gasteiger partial charge in [-0.15, -0.1) is 0 Å². The quantitative estimate of drug-likeness (QED) is 0.744. The molecular formula is C22H21ClN2O3. The number of aryl methyl sites for hydroxylation is 2. The second-order valence-corrected chi connectivity index (χ2v) is 7.48. The molecule has 6 heteroatoms. The zero-order chi connectivity index (χ0) is 19.8. The summed E-state index contributed by atoms with van der Waals surface area (Å²) < 4.78 is 5.43. The summed E-state index contributed by atoms with van der Waals surface area (Å²) in [5, 5.41) is 0.523. The minimum Gasteiger partial charge on any atom is -0.378 e. The fraction of sp³-hybridized carbons (Fsp3) is 0.273. The Balaban J connectivity index is 1.82. The first-order chi connectivity index (χ1) is 13.5. The molecular weight excluding hydrogens is 376 g/mol. The number of imide groups is 1. The Labute approximate surface area is 169 Å². The Morgan fingerprint density at radius 1 is 0.929 bits per heavy atom. The molecule has 5 nitrogen and oxygen atoms in total. The first-order valence-electron chi connectivity index (χ1n) is 9.26. The number of nitrogens with zero attached hydrogens (tertiary/aromatic N) is 2. The van der Waals surface area contributed by atoms with Crippen molar-refractivity contribution in [2.75, 3.05) is 31.2 Å². The van der Waals surface area contributed by atoms with E-state index in [1.54, 1.807) is 12.1 Å². The highest BCUT2D eigenvalue weighted by atomic mass is 35.5. The second-order valence-electron chi connectivity index (χ2n) is 7.07. The zero-order valence-corrected chi connectivity index (χ0v) is 16.6. The number of carbonyl (C=O) groups excluding carboxylic acids is 2. The van der Waals surface area contributed by atoms with Gasteiger partial charge in [0, 0.05) is 18.1 Å². The second kappa shape index (κ2) is 7.41. The van der Waals surface area contributed by atoms with Crippen molar-refractivity contribution in [2.24, 2.45) is 0 Å². The normalized spacial score (nSPS) is 17.7. The molecule has 2 aromatic carbocycles. The molecule has 4 rings (SSSR count). The Morgan fingerprint density at radius 3 is 2.25 bits per heavy atom. The summed E-state index contributed by atoms with van der Waals surface area (Å²) in [6, 6.07) is 12.9. The van der Waals surface area contributed by atoms with Crippen molar-refractivity contribution in [3.8, 4) is 0 Å². The molecule has 0 atom stereocenters. The molecule has 0 aliphatic carbocycles. The molecule has 2 heterocycles. The van der Waals surface area contributed by atoms with Gasteiger partial charge in [-0.1, -0.05) is 47.5 Å². The van der Waals surface area contributed by atoms with Crippen molar-refractivity contribution in [3.63, 3.8) is 0 Å². The third-order valence-corrected chi connectivity index (χ3v) is 5.55. The van der Waals surface area contributed by atoms with Crippen molar-refractivity contribution in [3.05, 3.63) is 69.9 Å². The first kappa shape index (κ1) is 18.7. The van der Waals surface area contributed by atoms with E-state index in [0.717, 1.165) is 16.7 Å². The molecule has 2 amide bonds. The van der Waals surface area contributed by atoms with Crippen LogP contribution in [0, 0.1) is 13.8 Å². The lowest BCUT2D eigenvalue weighted by Gasteiger charge is -2.29. The number of amides is 2. The number of halogens is 1. The van der Waals surface area contributed by atoms with Gasteiger partial charge in [-0.05, 0) is 37.1 Å². The van der Waals surface area contributed by atoms with Crippen molar-refractivity contribution in [1.82, 2.24) is 4.90 Å². The van der Waals surface area contributed by atoms with E-state index in [0.29, 0.717) is 48.3 Å². The van der Waals surface area contributed by atoms with E-state index in [1.165, 1.54) is 4.90 Å². The first-order valence-corrected chi connectivity index (χ1v) is 9.64. The summed E-state index contributed by atoms with van der Waals surface area (Å²) in [7, 11) is 0. The number of anilines is 1. The molecule has 0 spiro atoms. The average Bonchev–Trinajstić information content (AvgIpc) is 2.96. The predicted octanol–water partition coefficient (Wildman–Crippen LogP) is 3.57. The molecule has 144 valence electrons. The summed E-state index contributed by atoms with van der Waals surface area (Å²) >= 11 is 6.25. The Bertz CT molecular complexity index is 976. The van der Waals surface area contributed by atoms with Crippen LogP contribution in [0.5, 0.6) is 0 Å². The molecule has 28 heavy (non-hydrogen) atoms. The van der Waals surface area contributed by atoms with Crippen LogP contribution in [0.1, 0.15) is 16.7 Å². The average molecular weight is 397 g/mol. The molecule has 0 unspecified atom stereocenters. The van der Waals surface area contributed by atoms with E-state index >= 15 is 0 Å². The third-order valence-electron chi connectivity index (χ3n) is 5.14. The lowest BCUT2D eigenvalue weighted by molar-refractivity contribution is -0.121. The van der Waals surface area contributed by atoms with Crippen molar-refractivity contribution in [2.45, 2.75) is 13.8 Å². The maximum Gasteiger partial charge on any atom is 0.282 e. The number of hydrogen-bond donors (Lipinski definition) is 0. The zero-order valence-electron chi connectivity index (χ0n) is 15.9. The molecule has 0 radical (unpaired) electrons. The van der Waals surface area contributed by atoms with E-state index in [1.807, 2.05) is 49.1 Å². The van der Waals surface area contributed by atoms with Crippen LogP contribution in [0.4, 0.5) is 5.69 Å². The van der Waals surface area contributed by atoms with Crippen LogP contribution in [-0.4, -0.2) is 43.0 Å². The lowest BCUT2D eigenvalue weighted by Crippen LogP contribution is -2.40. The summed E-state index contributed by atoms with van der Waals surface area (Å²) in [6.45, 7) is 6.08. The smallest absolute Gasteiger partial charge is 0.282 e.